The Labute approximate surface area is 89.6 Å². The van der Waals surface area contributed by atoms with Crippen LogP contribution in [0.25, 0.3) is 0 Å². The molecule has 1 saturated heterocycles. The third-order valence-electron chi connectivity index (χ3n) is 3.24. The van der Waals surface area contributed by atoms with Crippen LogP contribution in [0.3, 0.4) is 0 Å². The highest BCUT2D eigenvalue weighted by Crippen LogP contribution is 2.47. The molecule has 4 nitrogen and oxygen atoms in total. The lowest BCUT2D eigenvalue weighted by molar-refractivity contribution is -0.111. The van der Waals surface area contributed by atoms with E-state index in [-0.39, 0.29) is 18.2 Å². The second-order valence-corrected chi connectivity index (χ2v) is 4.38. The van der Waals surface area contributed by atoms with Crippen molar-refractivity contribution in [3.05, 3.63) is 0 Å². The van der Waals surface area contributed by atoms with Crippen LogP contribution in [0, 0.1) is 5.92 Å². The van der Waals surface area contributed by atoms with Gasteiger partial charge in [0.2, 0.25) is 0 Å². The number of rotatable bonds is 4. The number of carbonyl (C=O) groups excluding carboxylic acids is 2. The molecule has 2 fully saturated rings. The van der Waals surface area contributed by atoms with Gasteiger partial charge in [-0.2, -0.15) is 0 Å². The van der Waals surface area contributed by atoms with Gasteiger partial charge in [-0.15, -0.1) is 0 Å². The van der Waals surface area contributed by atoms with E-state index in [1.165, 1.54) is 0 Å². The summed E-state index contributed by atoms with van der Waals surface area (Å²) >= 11 is 0. The van der Waals surface area contributed by atoms with Gasteiger partial charge in [0, 0.05) is 6.04 Å². The van der Waals surface area contributed by atoms with E-state index in [1.54, 1.807) is 4.90 Å². The monoisotopic (exact) mass is 211 g/mol. The summed E-state index contributed by atoms with van der Waals surface area (Å²) in [6.45, 7) is 2.52. The number of fused-ring (bicyclic) bond motifs is 1. The molecule has 0 bridgehead atoms. The zero-order valence-corrected chi connectivity index (χ0v) is 9.02. The van der Waals surface area contributed by atoms with E-state index in [0.717, 1.165) is 32.0 Å². The molecule has 0 unspecified atom stereocenters. The number of piperidine rings is 1. The van der Waals surface area contributed by atoms with Crippen LogP contribution < -0.4 is 0 Å². The third-order valence-corrected chi connectivity index (χ3v) is 3.24. The van der Waals surface area contributed by atoms with E-state index in [0.29, 0.717) is 12.5 Å². The molecule has 0 aromatic heterocycles. The van der Waals surface area contributed by atoms with Crippen molar-refractivity contribution in [3.63, 3.8) is 0 Å². The largest absolute Gasteiger partial charge is 0.449 e. The quantitative estimate of drug-likeness (QED) is 0.524. The number of nitrogens with zero attached hydrogens (tertiary/aromatic N) is 1. The van der Waals surface area contributed by atoms with Gasteiger partial charge in [-0.1, -0.05) is 13.3 Å². The molecule has 0 spiro atoms. The topological polar surface area (TPSA) is 46.6 Å². The van der Waals surface area contributed by atoms with Gasteiger partial charge in [-0.25, -0.2) is 4.79 Å². The summed E-state index contributed by atoms with van der Waals surface area (Å²) < 4.78 is 5.12. The molecule has 1 aliphatic heterocycles. The summed E-state index contributed by atoms with van der Waals surface area (Å²) in [5, 5.41) is 0. The Kier molecular flexibility index (Phi) is 2.93. The summed E-state index contributed by atoms with van der Waals surface area (Å²) in [4.78, 5) is 24.1. The Balaban J connectivity index is 1.85. The number of hydrogen-bond acceptors (Lipinski definition) is 3. The second kappa shape index (κ2) is 4.21. The highest BCUT2D eigenvalue weighted by atomic mass is 16.6. The van der Waals surface area contributed by atoms with Gasteiger partial charge in [0.15, 0.2) is 0 Å². The van der Waals surface area contributed by atoms with Crippen LogP contribution in [-0.4, -0.2) is 36.0 Å². The first-order valence-electron chi connectivity index (χ1n) is 5.68. The van der Waals surface area contributed by atoms with Crippen LogP contribution >= 0.6 is 0 Å². The molecule has 0 aromatic rings. The van der Waals surface area contributed by atoms with Crippen molar-refractivity contribution in [2.45, 2.75) is 44.7 Å². The highest BCUT2D eigenvalue weighted by molar-refractivity contribution is 5.75. The van der Waals surface area contributed by atoms with Crippen molar-refractivity contribution in [2.24, 2.45) is 5.92 Å². The number of likely N-dealkylation sites (tertiary alicyclic amines) is 1. The predicted molar refractivity (Wildman–Crippen MR) is 54.5 cm³/mol. The number of unbranched alkanes of at least 4 members (excludes halogenated alkanes) is 1. The van der Waals surface area contributed by atoms with Gasteiger partial charge in [0.25, 0.3) is 0 Å². The molecular weight excluding hydrogens is 194 g/mol. The third kappa shape index (κ3) is 1.98. The average Bonchev–Trinajstić information content (AvgIpc) is 2.89. The van der Waals surface area contributed by atoms with E-state index >= 15 is 0 Å². The van der Waals surface area contributed by atoms with Crippen LogP contribution in [0.2, 0.25) is 0 Å². The fraction of sp³-hybridized carbons (Fsp3) is 0.818. The Morgan fingerprint density at radius 1 is 1.53 bits per heavy atom. The molecule has 1 saturated carbocycles. The van der Waals surface area contributed by atoms with Crippen molar-refractivity contribution in [1.82, 2.24) is 4.90 Å². The molecule has 2 rings (SSSR count). The van der Waals surface area contributed by atoms with E-state index < -0.39 is 0 Å². The molecule has 1 heterocycles. The smallest absolute Gasteiger partial charge is 0.410 e. The Morgan fingerprint density at radius 3 is 3.00 bits per heavy atom. The van der Waals surface area contributed by atoms with E-state index in [1.807, 2.05) is 0 Å². The normalized spacial score (nSPS) is 32.3. The van der Waals surface area contributed by atoms with Crippen LogP contribution in [0.1, 0.15) is 32.6 Å². The minimum atomic E-state index is -0.300. The molecule has 84 valence electrons. The van der Waals surface area contributed by atoms with E-state index in [2.05, 4.69) is 6.92 Å². The predicted octanol–water partition coefficient (Wildman–Crippen LogP) is 1.58. The van der Waals surface area contributed by atoms with Crippen molar-refractivity contribution < 1.29 is 14.3 Å². The summed E-state index contributed by atoms with van der Waals surface area (Å²) in [5.74, 6) is 0.555. The average molecular weight is 211 g/mol. The Bertz CT molecular complexity index is 267. The minimum Gasteiger partial charge on any atom is -0.449 e. The van der Waals surface area contributed by atoms with E-state index in [9.17, 15) is 9.59 Å². The lowest BCUT2D eigenvalue weighted by Crippen LogP contribution is -2.39. The number of hydrogen-bond donors (Lipinski definition) is 0. The van der Waals surface area contributed by atoms with E-state index in [4.69, 9.17) is 4.74 Å². The minimum absolute atomic E-state index is 0.233. The number of ether oxygens (including phenoxy) is 1. The molecule has 15 heavy (non-hydrogen) atoms. The lowest BCUT2D eigenvalue weighted by atomic mass is 10.2. The molecular formula is C11H17NO3. The molecule has 0 N–H and O–H groups in total. The van der Waals surface area contributed by atoms with Gasteiger partial charge in [0.1, 0.15) is 6.29 Å². The maximum atomic E-state index is 11.7. The first-order chi connectivity index (χ1) is 7.27. The molecule has 1 aliphatic carbocycles. The van der Waals surface area contributed by atoms with Gasteiger partial charge in [-0.3, -0.25) is 4.90 Å². The molecule has 1 amide bonds. The van der Waals surface area contributed by atoms with Crippen LogP contribution in [0.15, 0.2) is 0 Å². The first-order valence-corrected chi connectivity index (χ1v) is 5.68. The maximum absolute atomic E-state index is 11.7. The molecule has 0 radical (unpaired) electrons. The lowest BCUT2D eigenvalue weighted by Gasteiger charge is -2.22. The maximum Gasteiger partial charge on any atom is 0.410 e. The van der Waals surface area contributed by atoms with Gasteiger partial charge < -0.3 is 9.53 Å². The second-order valence-electron chi connectivity index (χ2n) is 4.38. The molecule has 2 aliphatic rings. The molecule has 0 aromatic carbocycles. The standard InChI is InChI=1S/C11H17NO3/c1-2-3-4-15-11(14)12-9(7-13)5-8-6-10(8)12/h7-10H,2-6H2,1H3/t8-,9+,10+/m0/s1. The Hall–Kier alpha value is -1.06. The van der Waals surface area contributed by atoms with Crippen molar-refractivity contribution >= 4 is 12.4 Å². The van der Waals surface area contributed by atoms with Crippen LogP contribution in [0.4, 0.5) is 4.79 Å². The van der Waals surface area contributed by atoms with Gasteiger partial charge in [0.05, 0.1) is 12.6 Å². The molecule has 4 heteroatoms. The zero-order valence-electron chi connectivity index (χ0n) is 9.02. The number of carbonyl (C=O) groups is 2. The number of amides is 1. The SMILES string of the molecule is CCCCOC(=O)N1[C@@H]2C[C@@H]2C[C@@H]1C=O. The van der Waals surface area contributed by atoms with Crippen LogP contribution in [-0.2, 0) is 9.53 Å². The fourth-order valence-electron chi connectivity index (χ4n) is 2.27. The van der Waals surface area contributed by atoms with Gasteiger partial charge in [-0.05, 0) is 25.2 Å². The summed E-state index contributed by atoms with van der Waals surface area (Å²) in [7, 11) is 0. The highest BCUT2D eigenvalue weighted by Gasteiger charge is 2.54. The number of aldehydes is 1. The molecule has 3 atom stereocenters. The zero-order chi connectivity index (χ0) is 10.8. The Morgan fingerprint density at radius 2 is 2.33 bits per heavy atom. The fourth-order valence-corrected chi connectivity index (χ4v) is 2.27. The van der Waals surface area contributed by atoms with Crippen molar-refractivity contribution in [1.29, 1.82) is 0 Å². The van der Waals surface area contributed by atoms with Crippen molar-refractivity contribution in [2.75, 3.05) is 6.61 Å². The summed E-state index contributed by atoms with van der Waals surface area (Å²) in [6, 6.07) is 0.0530. The van der Waals surface area contributed by atoms with Crippen molar-refractivity contribution in [3.8, 4) is 0 Å². The summed E-state index contributed by atoms with van der Waals surface area (Å²) in [6.07, 6.45) is 4.35. The van der Waals surface area contributed by atoms with Crippen LogP contribution in [0.5, 0.6) is 0 Å². The first kappa shape index (κ1) is 10.5. The summed E-state index contributed by atoms with van der Waals surface area (Å²) in [5.41, 5.74) is 0. The van der Waals surface area contributed by atoms with Gasteiger partial charge >= 0.3 is 6.09 Å².